The van der Waals surface area contributed by atoms with Gasteiger partial charge in [-0.1, -0.05) is 6.07 Å². The number of nitrogens with zero attached hydrogens (tertiary/aromatic N) is 1. The standard InChI is InChI=1S/C22H24FN3O4S/c1-12-6-7-14(9-15(12)23)24-20(28)18-13(2)17(16-5-4-8-26(16)18)19(27)21(29)25-22(3)10-31(30)11-22/h6-7,9H,4-5,8,10-11H2,1-3H3,(H,24,28)(H,25,29)/t22-,31+. The molecule has 3 heterocycles. The van der Waals surface area contributed by atoms with Gasteiger partial charge in [0, 0.05) is 17.9 Å². The smallest absolute Gasteiger partial charge is 0.293 e. The van der Waals surface area contributed by atoms with Crippen LogP contribution in [0.1, 0.15) is 51.0 Å². The molecule has 31 heavy (non-hydrogen) atoms. The second-order valence-electron chi connectivity index (χ2n) is 8.54. The Balaban J connectivity index is 1.61. The Morgan fingerprint density at radius 1 is 1.23 bits per heavy atom. The Morgan fingerprint density at radius 2 is 1.94 bits per heavy atom. The average molecular weight is 446 g/mol. The summed E-state index contributed by atoms with van der Waals surface area (Å²) in [6.07, 6.45) is 1.34. The van der Waals surface area contributed by atoms with E-state index in [0.29, 0.717) is 52.7 Å². The first-order chi connectivity index (χ1) is 14.6. The van der Waals surface area contributed by atoms with Gasteiger partial charge in [-0.15, -0.1) is 0 Å². The maximum absolute atomic E-state index is 13.9. The zero-order valence-corrected chi connectivity index (χ0v) is 18.5. The second-order valence-corrected chi connectivity index (χ2v) is 10.00. The van der Waals surface area contributed by atoms with Crippen LogP contribution in [0.25, 0.3) is 0 Å². The van der Waals surface area contributed by atoms with Crippen molar-refractivity contribution < 1.29 is 23.3 Å². The van der Waals surface area contributed by atoms with Crippen LogP contribution in [-0.4, -0.2) is 43.8 Å². The highest BCUT2D eigenvalue weighted by atomic mass is 32.2. The van der Waals surface area contributed by atoms with Crippen molar-refractivity contribution in [1.29, 1.82) is 0 Å². The molecular weight excluding hydrogens is 421 g/mol. The molecule has 2 N–H and O–H groups in total. The van der Waals surface area contributed by atoms with E-state index in [9.17, 15) is 23.3 Å². The Labute approximate surface area is 182 Å². The van der Waals surface area contributed by atoms with E-state index in [4.69, 9.17) is 0 Å². The zero-order chi connectivity index (χ0) is 22.5. The van der Waals surface area contributed by atoms with Crippen molar-refractivity contribution in [3.63, 3.8) is 0 Å². The van der Waals surface area contributed by atoms with Gasteiger partial charge in [0.05, 0.1) is 5.56 Å². The van der Waals surface area contributed by atoms with Crippen molar-refractivity contribution >= 4 is 34.5 Å². The highest BCUT2D eigenvalue weighted by molar-refractivity contribution is 7.93. The van der Waals surface area contributed by atoms with Gasteiger partial charge in [-0.2, -0.15) is 0 Å². The van der Waals surface area contributed by atoms with Crippen LogP contribution in [0.3, 0.4) is 0 Å². The SMILES string of the molecule is Cc1ccc(NC(=O)c2c(C)c(C(=O)C(=O)N[C@]3(C)C[S@+]([O-])C3)c3n2CCC3)cc1F. The lowest BCUT2D eigenvalue weighted by atomic mass is 10.0. The van der Waals surface area contributed by atoms with Crippen molar-refractivity contribution in [2.24, 2.45) is 0 Å². The van der Waals surface area contributed by atoms with Gasteiger partial charge in [0.2, 0.25) is 0 Å². The molecule has 0 unspecified atom stereocenters. The number of hydrogen-bond acceptors (Lipinski definition) is 4. The molecule has 0 saturated carbocycles. The van der Waals surface area contributed by atoms with Crippen LogP contribution in [0, 0.1) is 19.7 Å². The topological polar surface area (TPSA) is 103 Å². The Bertz CT molecular complexity index is 1100. The van der Waals surface area contributed by atoms with E-state index in [-0.39, 0.29) is 5.56 Å². The van der Waals surface area contributed by atoms with E-state index in [1.165, 1.54) is 6.07 Å². The minimum atomic E-state index is -0.974. The van der Waals surface area contributed by atoms with Crippen molar-refractivity contribution in [2.45, 2.75) is 45.7 Å². The number of rotatable bonds is 5. The fourth-order valence-corrected chi connectivity index (χ4v) is 5.84. The number of anilines is 1. The van der Waals surface area contributed by atoms with Crippen LogP contribution in [0.2, 0.25) is 0 Å². The minimum absolute atomic E-state index is 0.249. The number of hydrogen-bond donors (Lipinski definition) is 2. The molecule has 164 valence electrons. The van der Waals surface area contributed by atoms with Gasteiger partial charge in [0.15, 0.2) is 0 Å². The fourth-order valence-electron chi connectivity index (χ4n) is 4.36. The normalized spacial score (nSPS) is 21.9. The number of amides is 2. The molecule has 2 aromatic rings. The molecular formula is C22H24FN3O4S. The number of aryl methyl sites for hydroxylation is 1. The van der Waals surface area contributed by atoms with Gasteiger partial charge in [-0.3, -0.25) is 14.4 Å². The summed E-state index contributed by atoms with van der Waals surface area (Å²) < 4.78 is 27.0. The molecule has 2 aliphatic rings. The number of aromatic nitrogens is 1. The molecule has 0 bridgehead atoms. The summed E-state index contributed by atoms with van der Waals surface area (Å²) in [6.45, 7) is 5.61. The van der Waals surface area contributed by atoms with Crippen molar-refractivity contribution in [2.75, 3.05) is 16.8 Å². The Kier molecular flexibility index (Phi) is 5.43. The lowest BCUT2D eigenvalue weighted by Crippen LogP contribution is -2.64. The van der Waals surface area contributed by atoms with Crippen molar-refractivity contribution in [1.82, 2.24) is 9.88 Å². The van der Waals surface area contributed by atoms with Crippen molar-refractivity contribution in [3.05, 3.63) is 52.1 Å². The lowest BCUT2D eigenvalue weighted by Gasteiger charge is -2.39. The van der Waals surface area contributed by atoms with E-state index in [1.807, 2.05) is 0 Å². The quantitative estimate of drug-likeness (QED) is 0.419. The van der Waals surface area contributed by atoms with Crippen LogP contribution in [0.4, 0.5) is 10.1 Å². The zero-order valence-electron chi connectivity index (χ0n) is 17.6. The molecule has 9 heteroatoms. The number of benzene rings is 1. The third-order valence-corrected chi connectivity index (χ3v) is 7.78. The molecule has 2 amide bonds. The number of Topliss-reactive ketones (excluding diaryl/α,β-unsaturated/α-hetero) is 1. The molecule has 1 aromatic carbocycles. The maximum atomic E-state index is 13.9. The van der Waals surface area contributed by atoms with E-state index in [0.717, 1.165) is 6.42 Å². The first kappa shape index (κ1) is 21.6. The summed E-state index contributed by atoms with van der Waals surface area (Å²) in [4.78, 5) is 38.7. The monoisotopic (exact) mass is 445 g/mol. The van der Waals surface area contributed by atoms with Crippen molar-refractivity contribution in [3.8, 4) is 0 Å². The number of carbonyl (C=O) groups is 3. The summed E-state index contributed by atoms with van der Waals surface area (Å²) in [5.74, 6) is -1.69. The van der Waals surface area contributed by atoms with Gasteiger partial charge in [-0.25, -0.2) is 4.39 Å². The van der Waals surface area contributed by atoms with E-state index >= 15 is 0 Å². The molecule has 0 aliphatic carbocycles. The predicted molar refractivity (Wildman–Crippen MR) is 115 cm³/mol. The van der Waals surface area contributed by atoms with Crippen LogP contribution >= 0.6 is 0 Å². The summed E-state index contributed by atoms with van der Waals surface area (Å²) in [5, 5.41) is 5.39. The number of ketones is 1. The Hall–Kier alpha value is -2.65. The lowest BCUT2D eigenvalue weighted by molar-refractivity contribution is -0.118. The summed E-state index contributed by atoms with van der Waals surface area (Å²) in [7, 11) is 0. The van der Waals surface area contributed by atoms with Crippen LogP contribution in [0.15, 0.2) is 18.2 Å². The minimum Gasteiger partial charge on any atom is -0.616 e. The second kappa shape index (κ2) is 7.80. The number of carbonyl (C=O) groups excluding carboxylic acids is 3. The fraction of sp³-hybridized carbons (Fsp3) is 0.409. The molecule has 1 aromatic heterocycles. The largest absolute Gasteiger partial charge is 0.616 e. The van der Waals surface area contributed by atoms with E-state index in [2.05, 4.69) is 10.6 Å². The molecule has 4 rings (SSSR count). The first-order valence-electron chi connectivity index (χ1n) is 10.1. The summed E-state index contributed by atoms with van der Waals surface area (Å²) in [5.41, 5.74) is 1.80. The molecule has 7 nitrogen and oxygen atoms in total. The van der Waals surface area contributed by atoms with E-state index < -0.39 is 40.1 Å². The first-order valence-corrected chi connectivity index (χ1v) is 11.6. The van der Waals surface area contributed by atoms with Gasteiger partial charge >= 0.3 is 0 Å². The third kappa shape index (κ3) is 3.87. The van der Waals surface area contributed by atoms with Crippen LogP contribution in [-0.2, 0) is 28.9 Å². The molecule has 0 radical (unpaired) electrons. The van der Waals surface area contributed by atoms with Gasteiger partial charge in [0.25, 0.3) is 17.6 Å². The molecule has 1 fully saturated rings. The molecule has 0 atom stereocenters. The number of halogens is 1. The Morgan fingerprint density at radius 3 is 2.58 bits per heavy atom. The predicted octanol–water partition coefficient (Wildman–Crippen LogP) is 2.26. The average Bonchev–Trinajstić information content (AvgIpc) is 3.22. The molecule has 0 spiro atoms. The third-order valence-electron chi connectivity index (χ3n) is 5.86. The molecule has 2 aliphatic heterocycles. The van der Waals surface area contributed by atoms with Crippen LogP contribution in [0.5, 0.6) is 0 Å². The van der Waals surface area contributed by atoms with E-state index in [1.54, 1.807) is 37.5 Å². The summed E-state index contributed by atoms with van der Waals surface area (Å²) >= 11 is -0.974. The van der Waals surface area contributed by atoms with Gasteiger partial charge < -0.3 is 19.8 Å². The highest BCUT2D eigenvalue weighted by Crippen LogP contribution is 2.31. The number of nitrogens with one attached hydrogen (secondary N) is 2. The van der Waals surface area contributed by atoms with Gasteiger partial charge in [-0.05, 0) is 68.0 Å². The van der Waals surface area contributed by atoms with Crippen LogP contribution < -0.4 is 10.6 Å². The van der Waals surface area contributed by atoms with Gasteiger partial charge in [0.1, 0.15) is 28.6 Å². The highest BCUT2D eigenvalue weighted by Gasteiger charge is 2.47. The molecule has 1 saturated heterocycles. The maximum Gasteiger partial charge on any atom is 0.293 e. The number of fused-ring (bicyclic) bond motifs is 1. The summed E-state index contributed by atoms with van der Waals surface area (Å²) in [6, 6.07) is 4.44.